The molecule has 0 atom stereocenters. The van der Waals surface area contributed by atoms with Crippen LogP contribution in [0.1, 0.15) is 87.2 Å². The van der Waals surface area contributed by atoms with Crippen molar-refractivity contribution >= 4 is 0 Å². The zero-order chi connectivity index (χ0) is 32.3. The van der Waals surface area contributed by atoms with E-state index in [4.69, 9.17) is 14.2 Å². The molecule has 0 aromatic heterocycles. The molecular weight excluding hydrogens is 608 g/mol. The maximum absolute atomic E-state index is 15.1. The zero-order valence-electron chi connectivity index (χ0n) is 24.7. The van der Waals surface area contributed by atoms with E-state index in [0.717, 1.165) is 37.8 Å². The molecule has 0 bridgehead atoms. The fraction of sp³-hybridized carbons (Fsp3) is 0.471. The van der Waals surface area contributed by atoms with Crippen molar-refractivity contribution in [3.8, 4) is 11.1 Å². The molecule has 1 heterocycles. The molecule has 0 radical (unpaired) electrons. The molecule has 11 heteroatoms. The van der Waals surface area contributed by atoms with E-state index in [0.29, 0.717) is 43.8 Å². The van der Waals surface area contributed by atoms with Gasteiger partial charge in [0.1, 0.15) is 23.0 Å². The van der Waals surface area contributed by atoms with Crippen molar-refractivity contribution < 1.29 is 49.3 Å². The number of ether oxygens (including phenoxy) is 3. The highest BCUT2D eigenvalue weighted by molar-refractivity contribution is 5.65. The molecule has 0 spiro atoms. The number of rotatable bonds is 10. The van der Waals surface area contributed by atoms with Gasteiger partial charge in [-0.3, -0.25) is 0 Å². The van der Waals surface area contributed by atoms with Crippen molar-refractivity contribution in [3.05, 3.63) is 94.1 Å². The standard InChI is InChI=1S/C34H34F8O3/c1-2-3-4-5-19-17-43-33(44-18-19)23-15-27(36)31(28(37)16-23)34(41,42)45-24-9-6-20(7-10-24)21-8-11-25(26(35)12-21)22-13-29(38)32(40)30(39)14-22/h8,11-16,19-20,24,33H,2-7,9-10,17-18H2,1H3. The summed E-state index contributed by atoms with van der Waals surface area (Å²) in [4.78, 5) is 0. The molecule has 244 valence electrons. The molecule has 3 aromatic rings. The van der Waals surface area contributed by atoms with Crippen LogP contribution in [0.3, 0.4) is 0 Å². The Morgan fingerprint density at radius 3 is 1.91 bits per heavy atom. The highest BCUT2D eigenvalue weighted by Gasteiger charge is 2.43. The average Bonchev–Trinajstić information content (AvgIpc) is 2.99. The average molecular weight is 643 g/mol. The summed E-state index contributed by atoms with van der Waals surface area (Å²) in [6, 6.07) is 7.01. The lowest BCUT2D eigenvalue weighted by molar-refractivity contribution is -0.280. The number of unbranched alkanes of at least 4 members (excludes halogenated alkanes) is 2. The predicted molar refractivity (Wildman–Crippen MR) is 150 cm³/mol. The first-order valence-electron chi connectivity index (χ1n) is 15.2. The molecular formula is C34H34F8O3. The first-order valence-corrected chi connectivity index (χ1v) is 15.2. The van der Waals surface area contributed by atoms with Crippen LogP contribution in [0, 0.1) is 40.8 Å². The van der Waals surface area contributed by atoms with Crippen LogP contribution in [0.2, 0.25) is 0 Å². The van der Waals surface area contributed by atoms with E-state index in [-0.39, 0.29) is 41.4 Å². The molecule has 2 fully saturated rings. The molecule has 0 N–H and O–H groups in total. The first-order chi connectivity index (χ1) is 21.5. The molecule has 3 nitrogen and oxygen atoms in total. The van der Waals surface area contributed by atoms with E-state index in [9.17, 15) is 26.3 Å². The molecule has 45 heavy (non-hydrogen) atoms. The van der Waals surface area contributed by atoms with Crippen molar-refractivity contribution in [2.45, 2.75) is 82.7 Å². The molecule has 5 rings (SSSR count). The van der Waals surface area contributed by atoms with E-state index in [1.54, 1.807) is 6.07 Å². The van der Waals surface area contributed by atoms with Gasteiger partial charge in [-0.15, -0.1) is 0 Å². The summed E-state index contributed by atoms with van der Waals surface area (Å²) < 4.78 is 132. The van der Waals surface area contributed by atoms with E-state index in [1.165, 1.54) is 12.1 Å². The highest BCUT2D eigenvalue weighted by atomic mass is 19.3. The van der Waals surface area contributed by atoms with Crippen LogP contribution in [-0.4, -0.2) is 19.3 Å². The third-order valence-electron chi connectivity index (χ3n) is 8.56. The second-order valence-corrected chi connectivity index (χ2v) is 11.8. The van der Waals surface area contributed by atoms with E-state index >= 15 is 8.78 Å². The van der Waals surface area contributed by atoms with Gasteiger partial charge in [0, 0.05) is 17.0 Å². The number of benzene rings is 3. The largest absolute Gasteiger partial charge is 0.389 e. The van der Waals surface area contributed by atoms with Crippen LogP contribution in [0.15, 0.2) is 42.5 Å². The Morgan fingerprint density at radius 2 is 1.33 bits per heavy atom. The Kier molecular flexibility index (Phi) is 10.5. The fourth-order valence-corrected chi connectivity index (χ4v) is 6.10. The zero-order valence-corrected chi connectivity index (χ0v) is 24.7. The summed E-state index contributed by atoms with van der Waals surface area (Å²) in [6.45, 7) is 2.77. The normalized spacial score (nSPS) is 22.5. The second kappa shape index (κ2) is 14.2. The van der Waals surface area contributed by atoms with Gasteiger partial charge in [0.2, 0.25) is 0 Å². The minimum Gasteiger partial charge on any atom is -0.348 e. The number of alkyl halides is 2. The number of halogens is 8. The Morgan fingerprint density at radius 1 is 0.733 bits per heavy atom. The van der Waals surface area contributed by atoms with Gasteiger partial charge in [0.25, 0.3) is 0 Å². The molecule has 1 saturated carbocycles. The maximum Gasteiger partial charge on any atom is 0.389 e. The third-order valence-corrected chi connectivity index (χ3v) is 8.56. The van der Waals surface area contributed by atoms with Gasteiger partial charge in [-0.1, -0.05) is 38.3 Å². The lowest BCUT2D eigenvalue weighted by Crippen LogP contribution is -2.31. The van der Waals surface area contributed by atoms with Crippen LogP contribution < -0.4 is 0 Å². The Bertz CT molecular complexity index is 1430. The minimum absolute atomic E-state index is 0.0370. The van der Waals surface area contributed by atoms with Crippen molar-refractivity contribution in [1.29, 1.82) is 0 Å². The first kappa shape index (κ1) is 33.3. The smallest absolute Gasteiger partial charge is 0.348 e. The van der Waals surface area contributed by atoms with Gasteiger partial charge in [0.05, 0.1) is 19.3 Å². The number of hydrogen-bond donors (Lipinski definition) is 0. The monoisotopic (exact) mass is 642 g/mol. The van der Waals surface area contributed by atoms with Crippen LogP contribution in [0.4, 0.5) is 35.1 Å². The second-order valence-electron chi connectivity index (χ2n) is 11.8. The van der Waals surface area contributed by atoms with Gasteiger partial charge in [-0.05, 0) is 79.5 Å². The molecule has 2 aliphatic rings. The van der Waals surface area contributed by atoms with Gasteiger partial charge >= 0.3 is 6.11 Å². The summed E-state index contributed by atoms with van der Waals surface area (Å²) in [5.41, 5.74) is -1.29. The van der Waals surface area contributed by atoms with Crippen molar-refractivity contribution in [3.63, 3.8) is 0 Å². The van der Waals surface area contributed by atoms with Gasteiger partial charge < -0.3 is 14.2 Å². The van der Waals surface area contributed by atoms with Crippen LogP contribution >= 0.6 is 0 Å². The summed E-state index contributed by atoms with van der Waals surface area (Å²) in [7, 11) is 0. The van der Waals surface area contributed by atoms with E-state index in [1.807, 2.05) is 0 Å². The molecule has 0 amide bonds. The molecule has 1 aliphatic heterocycles. The molecule has 1 saturated heterocycles. The minimum atomic E-state index is -4.25. The highest BCUT2D eigenvalue weighted by Crippen LogP contribution is 2.42. The fourth-order valence-electron chi connectivity index (χ4n) is 6.10. The Balaban J connectivity index is 1.18. The van der Waals surface area contributed by atoms with Gasteiger partial charge in [-0.25, -0.2) is 26.3 Å². The summed E-state index contributed by atoms with van der Waals surface area (Å²) in [6.07, 6.45) is -1.39. The van der Waals surface area contributed by atoms with Crippen LogP contribution in [0.5, 0.6) is 0 Å². The van der Waals surface area contributed by atoms with Crippen LogP contribution in [0.25, 0.3) is 11.1 Å². The summed E-state index contributed by atoms with van der Waals surface area (Å²) >= 11 is 0. The number of hydrogen-bond acceptors (Lipinski definition) is 3. The van der Waals surface area contributed by atoms with Crippen molar-refractivity contribution in [2.24, 2.45) is 5.92 Å². The van der Waals surface area contributed by atoms with E-state index < -0.39 is 59.0 Å². The van der Waals surface area contributed by atoms with Gasteiger partial charge in [0.15, 0.2) is 23.7 Å². The summed E-state index contributed by atoms with van der Waals surface area (Å²) in [5.74, 6) is -8.36. The Labute approximate surface area is 256 Å². The summed E-state index contributed by atoms with van der Waals surface area (Å²) in [5, 5.41) is 0. The lowest BCUT2D eigenvalue weighted by atomic mass is 9.82. The topological polar surface area (TPSA) is 27.7 Å². The maximum atomic E-state index is 15.1. The van der Waals surface area contributed by atoms with Crippen LogP contribution in [-0.2, 0) is 20.3 Å². The third kappa shape index (κ3) is 7.69. The quantitative estimate of drug-likeness (QED) is 0.125. The van der Waals surface area contributed by atoms with Gasteiger partial charge in [-0.2, -0.15) is 8.78 Å². The predicted octanol–water partition coefficient (Wildman–Crippen LogP) is 10.2. The molecule has 0 unspecified atom stereocenters. The van der Waals surface area contributed by atoms with Crippen molar-refractivity contribution in [2.75, 3.05) is 13.2 Å². The molecule has 3 aromatic carbocycles. The van der Waals surface area contributed by atoms with E-state index in [2.05, 4.69) is 6.92 Å². The Hall–Kier alpha value is -3.02. The molecule has 1 aliphatic carbocycles. The SMILES string of the molecule is CCCCCC1COC(c2cc(F)c(C(F)(F)OC3CCC(c4ccc(-c5cc(F)c(F)c(F)c5)c(F)c4)CC3)c(F)c2)OC1. The van der Waals surface area contributed by atoms with Crippen molar-refractivity contribution in [1.82, 2.24) is 0 Å². The lowest BCUT2D eigenvalue weighted by Gasteiger charge is -2.32.